The Hall–Kier alpha value is -4.25. The summed E-state index contributed by atoms with van der Waals surface area (Å²) in [6.45, 7) is 2.80. The number of methoxy groups -OCH3 is 1. The van der Waals surface area contributed by atoms with Crippen LogP contribution in [-0.2, 0) is 17.8 Å². The molecule has 0 spiro atoms. The number of carbonyl (C=O) groups excluding carboxylic acids is 3. The van der Waals surface area contributed by atoms with Gasteiger partial charge in [0.1, 0.15) is 11.8 Å². The minimum absolute atomic E-state index is 0.134. The molecule has 3 N–H and O–H groups in total. The Balaban J connectivity index is 1.24. The van der Waals surface area contributed by atoms with Crippen molar-refractivity contribution in [1.82, 2.24) is 25.4 Å². The smallest absolute Gasteiger partial charge is 0.265 e. The van der Waals surface area contributed by atoms with Gasteiger partial charge in [0.05, 0.1) is 41.8 Å². The van der Waals surface area contributed by atoms with E-state index in [4.69, 9.17) is 4.74 Å². The first kappa shape index (κ1) is 24.4. The Morgan fingerprint density at radius 2 is 2.03 bits per heavy atom. The highest BCUT2D eigenvalue weighted by atomic mass is 32.1. The molecule has 4 heterocycles. The number of rotatable bonds is 7. The van der Waals surface area contributed by atoms with Crippen LogP contribution in [0.1, 0.15) is 43.8 Å². The lowest BCUT2D eigenvalue weighted by molar-refractivity contribution is -0.134. The van der Waals surface area contributed by atoms with Crippen LogP contribution in [0.15, 0.2) is 48.9 Å². The molecule has 3 amide bonds. The van der Waals surface area contributed by atoms with Crippen molar-refractivity contribution in [2.45, 2.75) is 32.4 Å². The second kappa shape index (κ2) is 10.4. The minimum Gasteiger partial charge on any atom is -0.495 e. The molecule has 0 aliphatic carbocycles. The largest absolute Gasteiger partial charge is 0.495 e. The summed E-state index contributed by atoms with van der Waals surface area (Å²) in [5.74, 6) is -0.120. The number of ether oxygens (including phenoxy) is 1. The third-order valence-electron chi connectivity index (χ3n) is 6.32. The van der Waals surface area contributed by atoms with E-state index in [0.717, 1.165) is 21.3 Å². The van der Waals surface area contributed by atoms with E-state index in [9.17, 15) is 14.4 Å². The Morgan fingerprint density at radius 3 is 2.84 bits per heavy atom. The maximum absolute atomic E-state index is 13.3. The van der Waals surface area contributed by atoms with E-state index in [2.05, 4.69) is 25.8 Å². The fourth-order valence-electron chi connectivity index (χ4n) is 4.31. The van der Waals surface area contributed by atoms with Crippen LogP contribution in [0, 0.1) is 0 Å². The van der Waals surface area contributed by atoms with Crippen LogP contribution in [0.3, 0.4) is 0 Å². The minimum atomic E-state index is -0.643. The molecule has 0 radical (unpaired) electrons. The van der Waals surface area contributed by atoms with E-state index in [-0.39, 0.29) is 17.7 Å². The fraction of sp³-hybridized carbons (Fsp3) is 0.269. The first-order valence-corrected chi connectivity index (χ1v) is 12.7. The summed E-state index contributed by atoms with van der Waals surface area (Å²) in [7, 11) is 1.54. The van der Waals surface area contributed by atoms with Gasteiger partial charge in [0.15, 0.2) is 0 Å². The van der Waals surface area contributed by atoms with Crippen molar-refractivity contribution in [2.24, 2.45) is 0 Å². The molecule has 1 aromatic carbocycles. The van der Waals surface area contributed by atoms with Crippen molar-refractivity contribution in [1.29, 1.82) is 0 Å². The number of hydrogen-bond acceptors (Lipinski definition) is 7. The maximum Gasteiger partial charge on any atom is 0.265 e. The lowest BCUT2D eigenvalue weighted by Crippen LogP contribution is -2.49. The van der Waals surface area contributed by atoms with E-state index in [1.165, 1.54) is 18.4 Å². The van der Waals surface area contributed by atoms with Crippen LogP contribution in [0.2, 0.25) is 0 Å². The Bertz CT molecular complexity index is 1480. The van der Waals surface area contributed by atoms with E-state index >= 15 is 0 Å². The van der Waals surface area contributed by atoms with Gasteiger partial charge in [-0.1, -0.05) is 6.92 Å². The molecular weight excluding hydrogens is 492 g/mol. The Kier molecular flexibility index (Phi) is 6.87. The number of fused-ring (bicyclic) bond motifs is 2. The average molecular weight is 519 g/mol. The number of H-pyrrole nitrogens is 1. The number of nitrogens with one attached hydrogen (secondary N) is 3. The summed E-state index contributed by atoms with van der Waals surface area (Å²) in [4.78, 5) is 46.5. The molecule has 190 valence electrons. The van der Waals surface area contributed by atoms with Crippen LogP contribution in [0.5, 0.6) is 5.75 Å². The van der Waals surface area contributed by atoms with Crippen LogP contribution in [-0.4, -0.2) is 57.5 Å². The monoisotopic (exact) mass is 518 g/mol. The highest BCUT2D eigenvalue weighted by Crippen LogP contribution is 2.29. The van der Waals surface area contributed by atoms with Crippen LogP contribution < -0.4 is 15.4 Å². The number of aromatic amines is 1. The normalized spacial score (nSPS) is 13.6. The zero-order valence-electron chi connectivity index (χ0n) is 20.4. The number of hydrogen-bond donors (Lipinski definition) is 3. The SMILES string of the molecule is CC[C@@H](NC(=O)c1ccc2[nH]ncc2c1)C(=O)N1CCc2sc(C(=O)Nc3cncc(OC)c3)cc2C1. The van der Waals surface area contributed by atoms with Gasteiger partial charge in [-0.15, -0.1) is 11.3 Å². The number of benzene rings is 1. The van der Waals surface area contributed by atoms with Gasteiger partial charge in [-0.05, 0) is 42.7 Å². The first-order chi connectivity index (χ1) is 17.9. The van der Waals surface area contributed by atoms with Gasteiger partial charge in [-0.2, -0.15) is 5.10 Å². The first-order valence-electron chi connectivity index (χ1n) is 11.9. The summed E-state index contributed by atoms with van der Waals surface area (Å²) in [6, 6.07) is 8.14. The fourth-order valence-corrected chi connectivity index (χ4v) is 5.37. The van der Waals surface area contributed by atoms with E-state index < -0.39 is 6.04 Å². The van der Waals surface area contributed by atoms with Crippen LogP contribution in [0.4, 0.5) is 5.69 Å². The molecule has 0 saturated heterocycles. The van der Waals surface area contributed by atoms with Crippen LogP contribution >= 0.6 is 11.3 Å². The topological polar surface area (TPSA) is 129 Å². The highest BCUT2D eigenvalue weighted by molar-refractivity contribution is 7.14. The Morgan fingerprint density at radius 1 is 1.16 bits per heavy atom. The number of pyridine rings is 1. The van der Waals surface area contributed by atoms with Gasteiger partial charge in [-0.25, -0.2) is 0 Å². The standard InChI is InChI=1S/C26H26N6O4S/c1-3-20(30-24(33)15-4-5-21-16(8-15)11-28-31-21)26(35)32-7-6-22-17(14-32)9-23(37-22)25(34)29-18-10-19(36-2)13-27-12-18/h4-5,8-13,20H,3,6-7,14H2,1-2H3,(H,28,31)(H,29,34)(H,30,33)/t20-/m1/s1. The quantitative estimate of drug-likeness (QED) is 0.344. The van der Waals surface area contributed by atoms with E-state index in [1.807, 2.05) is 13.0 Å². The summed E-state index contributed by atoms with van der Waals surface area (Å²) < 4.78 is 5.16. The molecule has 0 saturated carbocycles. The van der Waals surface area contributed by atoms with Gasteiger partial charge < -0.3 is 20.3 Å². The second-order valence-corrected chi connectivity index (χ2v) is 9.88. The number of aromatic nitrogens is 3. The predicted octanol–water partition coefficient (Wildman–Crippen LogP) is 3.37. The molecule has 1 atom stereocenters. The van der Waals surface area contributed by atoms with Crippen molar-refractivity contribution in [3.05, 3.63) is 69.8 Å². The van der Waals surface area contributed by atoms with Crippen molar-refractivity contribution < 1.29 is 19.1 Å². The van der Waals surface area contributed by atoms with Gasteiger partial charge >= 0.3 is 0 Å². The molecule has 5 rings (SSSR count). The van der Waals surface area contributed by atoms with Gasteiger partial charge in [0.2, 0.25) is 5.91 Å². The summed E-state index contributed by atoms with van der Waals surface area (Å²) in [6.07, 6.45) is 5.90. The number of carbonyl (C=O) groups is 3. The number of nitrogens with zero attached hydrogens (tertiary/aromatic N) is 3. The molecule has 11 heteroatoms. The van der Waals surface area contributed by atoms with Crippen molar-refractivity contribution >= 4 is 45.6 Å². The van der Waals surface area contributed by atoms with Crippen molar-refractivity contribution in [2.75, 3.05) is 19.0 Å². The highest BCUT2D eigenvalue weighted by Gasteiger charge is 2.29. The lowest BCUT2D eigenvalue weighted by atomic mass is 10.1. The number of anilines is 1. The zero-order valence-corrected chi connectivity index (χ0v) is 21.2. The van der Waals surface area contributed by atoms with Gasteiger partial charge in [0.25, 0.3) is 11.8 Å². The summed E-state index contributed by atoms with van der Waals surface area (Å²) >= 11 is 1.43. The Labute approximate surface area is 217 Å². The zero-order chi connectivity index (χ0) is 25.9. The van der Waals surface area contributed by atoms with Gasteiger partial charge in [0, 0.05) is 35.0 Å². The van der Waals surface area contributed by atoms with E-state index in [0.29, 0.717) is 47.8 Å². The predicted molar refractivity (Wildman–Crippen MR) is 140 cm³/mol. The third-order valence-corrected chi connectivity index (χ3v) is 7.56. The van der Waals surface area contributed by atoms with Crippen LogP contribution in [0.25, 0.3) is 10.9 Å². The second-order valence-electron chi connectivity index (χ2n) is 8.74. The van der Waals surface area contributed by atoms with E-state index in [1.54, 1.807) is 47.8 Å². The molecule has 4 aromatic rings. The molecule has 0 bridgehead atoms. The molecule has 1 aliphatic rings. The molecule has 1 aliphatic heterocycles. The molecule has 10 nitrogen and oxygen atoms in total. The number of amides is 3. The number of thiophene rings is 1. The molecule has 0 fully saturated rings. The molecule has 37 heavy (non-hydrogen) atoms. The maximum atomic E-state index is 13.3. The average Bonchev–Trinajstić information content (AvgIpc) is 3.57. The summed E-state index contributed by atoms with van der Waals surface area (Å²) in [5.41, 5.74) is 2.81. The molecule has 3 aromatic heterocycles. The summed E-state index contributed by atoms with van der Waals surface area (Å²) in [5, 5.41) is 13.4. The molecular formula is C26H26N6O4S. The lowest BCUT2D eigenvalue weighted by Gasteiger charge is -2.30. The van der Waals surface area contributed by atoms with Crippen molar-refractivity contribution in [3.63, 3.8) is 0 Å². The molecule has 0 unspecified atom stereocenters. The van der Waals surface area contributed by atoms with Gasteiger partial charge in [-0.3, -0.25) is 24.5 Å². The third kappa shape index (κ3) is 5.17. The van der Waals surface area contributed by atoms with Crippen molar-refractivity contribution in [3.8, 4) is 5.75 Å².